The van der Waals surface area contributed by atoms with E-state index in [1.54, 1.807) is 0 Å². The van der Waals surface area contributed by atoms with Crippen LogP contribution in [0, 0.1) is 0 Å². The van der Waals surface area contributed by atoms with Gasteiger partial charge in [-0.25, -0.2) is 0 Å². The summed E-state index contributed by atoms with van der Waals surface area (Å²) in [5.74, 6) is 0. The first-order valence-electron chi connectivity index (χ1n) is 12.5. The predicted molar refractivity (Wildman–Crippen MR) is 123 cm³/mol. The second-order valence-electron chi connectivity index (χ2n) is 8.31. The van der Waals surface area contributed by atoms with Crippen molar-refractivity contribution in [3.8, 4) is 0 Å². The Labute approximate surface area is 177 Å². The third-order valence-electron chi connectivity index (χ3n) is 5.64. The average molecular weight is 418 g/mol. The Hall–Kier alpha value is 0.0200. The lowest BCUT2D eigenvalue weighted by molar-refractivity contribution is 0.113. The smallest absolute Gasteiger partial charge is 0.116 e. The second kappa shape index (κ2) is 21.7. The number of hydrogen-bond acceptors (Lipinski definition) is 3. The minimum absolute atomic E-state index is 0.0790. The lowest BCUT2D eigenvalue weighted by atomic mass is 10.1. The van der Waals surface area contributed by atoms with Gasteiger partial charge >= 0.3 is 8.25 Å². The van der Waals surface area contributed by atoms with E-state index in [2.05, 4.69) is 27.7 Å². The molecule has 0 aromatic carbocycles. The van der Waals surface area contributed by atoms with Crippen molar-refractivity contribution in [2.24, 2.45) is 0 Å². The summed E-state index contributed by atoms with van der Waals surface area (Å²) in [6.45, 7) is 8.74. The molecule has 0 rings (SSSR count). The molecule has 0 saturated heterocycles. The van der Waals surface area contributed by atoms with Crippen LogP contribution in [0.3, 0.4) is 0 Å². The third-order valence-corrected chi connectivity index (χ3v) is 6.58. The summed E-state index contributed by atoms with van der Waals surface area (Å²) in [6.07, 6.45) is 22.2. The molecule has 0 aliphatic carbocycles. The molecule has 0 aliphatic heterocycles. The van der Waals surface area contributed by atoms with Gasteiger partial charge in [0.25, 0.3) is 0 Å². The highest BCUT2D eigenvalue weighted by atomic mass is 31.1. The molecule has 0 saturated carbocycles. The molecule has 0 aromatic rings. The Kier molecular flexibility index (Phi) is 21.7. The van der Waals surface area contributed by atoms with E-state index in [4.69, 9.17) is 9.05 Å². The molecule has 0 amide bonds. The lowest BCUT2D eigenvalue weighted by Gasteiger charge is -2.11. The predicted octanol–water partition coefficient (Wildman–Crippen LogP) is 9.52. The summed E-state index contributed by atoms with van der Waals surface area (Å²) < 4.78 is 23.8. The monoisotopic (exact) mass is 417 g/mol. The summed E-state index contributed by atoms with van der Waals surface area (Å²) in [5.41, 5.74) is 0. The van der Waals surface area contributed by atoms with Gasteiger partial charge in [0.2, 0.25) is 0 Å². The molecule has 2 unspecified atom stereocenters. The van der Waals surface area contributed by atoms with Gasteiger partial charge in [0, 0.05) is 4.57 Å². The largest absolute Gasteiger partial charge is 0.697 e. The lowest BCUT2D eigenvalue weighted by Crippen LogP contribution is -2.12. The van der Waals surface area contributed by atoms with Gasteiger partial charge in [0.15, 0.2) is 0 Å². The van der Waals surface area contributed by atoms with Crippen LogP contribution in [-0.2, 0) is 13.6 Å². The minimum atomic E-state index is -1.99. The fourth-order valence-electron chi connectivity index (χ4n) is 3.59. The normalized spacial score (nSPS) is 14.2. The molecule has 4 heteroatoms. The maximum atomic E-state index is 12.3. The van der Waals surface area contributed by atoms with E-state index >= 15 is 0 Å². The molecule has 168 valence electrons. The molecule has 0 radical (unpaired) electrons. The van der Waals surface area contributed by atoms with E-state index in [0.29, 0.717) is 0 Å². The maximum Gasteiger partial charge on any atom is 0.697 e. The molecule has 3 nitrogen and oxygen atoms in total. The van der Waals surface area contributed by atoms with E-state index in [9.17, 15) is 4.57 Å². The topological polar surface area (TPSA) is 35.5 Å². The van der Waals surface area contributed by atoms with Crippen molar-refractivity contribution in [2.45, 2.75) is 155 Å². The average Bonchev–Trinajstić information content (AvgIpc) is 2.70. The van der Waals surface area contributed by atoms with E-state index in [1.165, 1.54) is 89.9 Å². The van der Waals surface area contributed by atoms with Crippen molar-refractivity contribution in [1.82, 2.24) is 0 Å². The summed E-state index contributed by atoms with van der Waals surface area (Å²) in [4.78, 5) is 0. The van der Waals surface area contributed by atoms with Crippen molar-refractivity contribution in [1.29, 1.82) is 0 Å². The highest BCUT2D eigenvalue weighted by Gasteiger charge is 2.29. The van der Waals surface area contributed by atoms with Gasteiger partial charge in [0.05, 0.1) is 0 Å². The standard InChI is InChI=1S/C24H50O3P/c1-5-9-11-13-15-17-19-21-23(7-3)26-28(25)27-24(8-4)22-20-18-16-14-12-10-6-2/h23-24H,5-22H2,1-4H3/q+1. The molecule has 28 heavy (non-hydrogen) atoms. The van der Waals surface area contributed by atoms with Crippen molar-refractivity contribution in [3.05, 3.63) is 0 Å². The van der Waals surface area contributed by atoms with Crippen LogP contribution in [0.1, 0.15) is 143 Å². The molecule has 0 N–H and O–H groups in total. The van der Waals surface area contributed by atoms with Gasteiger partial charge in [-0.15, -0.1) is 9.05 Å². The van der Waals surface area contributed by atoms with Crippen LogP contribution < -0.4 is 0 Å². The quantitative estimate of drug-likeness (QED) is 0.130. The van der Waals surface area contributed by atoms with Crippen LogP contribution >= 0.6 is 8.25 Å². The van der Waals surface area contributed by atoms with Crippen molar-refractivity contribution in [3.63, 3.8) is 0 Å². The van der Waals surface area contributed by atoms with Crippen LogP contribution in [0.2, 0.25) is 0 Å². The van der Waals surface area contributed by atoms with Crippen molar-refractivity contribution >= 4 is 8.25 Å². The molecule has 0 aromatic heterocycles. The van der Waals surface area contributed by atoms with Crippen LogP contribution in [0.4, 0.5) is 0 Å². The number of rotatable bonds is 22. The Morgan fingerprint density at radius 2 is 0.857 bits per heavy atom. The van der Waals surface area contributed by atoms with Gasteiger partial charge in [-0.1, -0.05) is 118 Å². The first-order chi connectivity index (χ1) is 13.7. The zero-order valence-corrected chi connectivity index (χ0v) is 20.4. The van der Waals surface area contributed by atoms with Crippen LogP contribution in [0.15, 0.2) is 0 Å². The highest BCUT2D eigenvalue weighted by Crippen LogP contribution is 2.33. The molecular weight excluding hydrogens is 367 g/mol. The number of unbranched alkanes of at least 4 members (excludes halogenated alkanes) is 12. The Bertz CT molecular complexity index is 306. The molecule has 0 spiro atoms. The SMILES string of the molecule is CCCCCCCCCC(CC)O[P+](=O)OC(CC)CCCCCCCCC. The summed E-state index contributed by atoms with van der Waals surface area (Å²) in [7, 11) is -1.99. The molecule has 2 atom stereocenters. The van der Waals surface area contributed by atoms with Gasteiger partial charge in [-0.05, 0) is 25.7 Å². The fraction of sp³-hybridized carbons (Fsp3) is 1.00. The van der Waals surface area contributed by atoms with Crippen LogP contribution in [0.25, 0.3) is 0 Å². The molecule has 0 heterocycles. The highest BCUT2D eigenvalue weighted by molar-refractivity contribution is 7.33. The van der Waals surface area contributed by atoms with E-state index in [0.717, 1.165) is 25.7 Å². The Morgan fingerprint density at radius 1 is 0.536 bits per heavy atom. The summed E-state index contributed by atoms with van der Waals surface area (Å²) >= 11 is 0. The minimum Gasteiger partial charge on any atom is -0.116 e. The molecule has 0 fully saturated rings. The number of hydrogen-bond donors (Lipinski definition) is 0. The van der Waals surface area contributed by atoms with Crippen molar-refractivity contribution in [2.75, 3.05) is 0 Å². The third kappa shape index (κ3) is 18.1. The van der Waals surface area contributed by atoms with Gasteiger partial charge in [0.1, 0.15) is 12.2 Å². The Morgan fingerprint density at radius 3 is 1.18 bits per heavy atom. The van der Waals surface area contributed by atoms with Gasteiger partial charge < -0.3 is 0 Å². The van der Waals surface area contributed by atoms with Crippen LogP contribution in [0.5, 0.6) is 0 Å². The first kappa shape index (κ1) is 28.0. The van der Waals surface area contributed by atoms with E-state index in [-0.39, 0.29) is 12.2 Å². The van der Waals surface area contributed by atoms with Gasteiger partial charge in [-0.2, -0.15) is 0 Å². The first-order valence-corrected chi connectivity index (χ1v) is 13.6. The second-order valence-corrected chi connectivity index (χ2v) is 9.18. The molecule has 0 bridgehead atoms. The maximum absolute atomic E-state index is 12.3. The Balaban J connectivity index is 3.83. The molecular formula is C24H50O3P+. The van der Waals surface area contributed by atoms with Gasteiger partial charge in [-0.3, -0.25) is 0 Å². The van der Waals surface area contributed by atoms with Crippen molar-refractivity contribution < 1.29 is 13.6 Å². The fourth-order valence-corrected chi connectivity index (χ4v) is 4.63. The van der Waals surface area contributed by atoms with E-state index in [1.807, 2.05) is 0 Å². The zero-order valence-electron chi connectivity index (χ0n) is 19.6. The summed E-state index contributed by atoms with van der Waals surface area (Å²) in [5, 5.41) is 0. The molecule has 0 aliphatic rings. The summed E-state index contributed by atoms with van der Waals surface area (Å²) in [6, 6.07) is 0. The van der Waals surface area contributed by atoms with E-state index < -0.39 is 8.25 Å². The van der Waals surface area contributed by atoms with Crippen LogP contribution in [-0.4, -0.2) is 12.2 Å². The zero-order chi connectivity index (χ0) is 20.9.